The summed E-state index contributed by atoms with van der Waals surface area (Å²) in [5.41, 5.74) is 0.509. The van der Waals surface area contributed by atoms with Crippen molar-refractivity contribution >= 4 is 29.0 Å². The Balaban J connectivity index is 2.40. The first-order valence-corrected chi connectivity index (χ1v) is 5.44. The third-order valence-electron chi connectivity index (χ3n) is 2.15. The Morgan fingerprint density at radius 2 is 1.82 bits per heavy atom. The van der Waals surface area contributed by atoms with Crippen LogP contribution in [0, 0.1) is 5.82 Å². The molecule has 0 aliphatic heterocycles. The molecule has 2 nitrogen and oxygen atoms in total. The number of carbonyl (C=O) groups excluding carboxylic acids is 1. The van der Waals surface area contributed by atoms with Gasteiger partial charge in [-0.15, -0.1) is 0 Å². The number of hydrogen-bond acceptors (Lipinski definition) is 2. The lowest BCUT2D eigenvalue weighted by molar-refractivity contribution is 0.103. The van der Waals surface area contributed by atoms with Crippen LogP contribution < -0.4 is 0 Å². The standard InChI is InChI=1S/C12H6Cl2FNO/c13-10-2-1-7(4-11(10)14)12(17)8-3-9(15)6-16-5-8/h1-6H. The van der Waals surface area contributed by atoms with E-state index < -0.39 is 5.82 Å². The maximum Gasteiger partial charge on any atom is 0.194 e. The largest absolute Gasteiger partial charge is 0.289 e. The molecule has 17 heavy (non-hydrogen) atoms. The van der Waals surface area contributed by atoms with Crippen LogP contribution in [-0.4, -0.2) is 10.8 Å². The molecule has 1 aromatic heterocycles. The van der Waals surface area contributed by atoms with Gasteiger partial charge in [0.05, 0.1) is 16.2 Å². The number of ketones is 1. The van der Waals surface area contributed by atoms with E-state index in [4.69, 9.17) is 23.2 Å². The van der Waals surface area contributed by atoms with Gasteiger partial charge in [-0.2, -0.15) is 0 Å². The van der Waals surface area contributed by atoms with E-state index in [1.54, 1.807) is 0 Å². The van der Waals surface area contributed by atoms with Gasteiger partial charge in [0, 0.05) is 17.3 Å². The minimum absolute atomic E-state index is 0.170. The second-order valence-corrected chi connectivity index (χ2v) is 4.16. The summed E-state index contributed by atoms with van der Waals surface area (Å²) in [6.07, 6.45) is 2.33. The molecular formula is C12H6Cl2FNO. The van der Waals surface area contributed by atoms with Crippen LogP contribution in [0.1, 0.15) is 15.9 Å². The van der Waals surface area contributed by atoms with Crippen LogP contribution in [0.15, 0.2) is 36.7 Å². The number of rotatable bonds is 2. The zero-order chi connectivity index (χ0) is 12.4. The van der Waals surface area contributed by atoms with Crippen LogP contribution in [0.3, 0.4) is 0 Å². The van der Waals surface area contributed by atoms with Gasteiger partial charge in [0.2, 0.25) is 0 Å². The highest BCUT2D eigenvalue weighted by molar-refractivity contribution is 6.42. The van der Waals surface area contributed by atoms with Gasteiger partial charge in [0.1, 0.15) is 5.82 Å². The quantitative estimate of drug-likeness (QED) is 0.778. The van der Waals surface area contributed by atoms with Gasteiger partial charge < -0.3 is 0 Å². The van der Waals surface area contributed by atoms with Crippen molar-refractivity contribution in [1.29, 1.82) is 0 Å². The predicted molar refractivity (Wildman–Crippen MR) is 64.1 cm³/mol. The van der Waals surface area contributed by atoms with Crippen LogP contribution in [0.5, 0.6) is 0 Å². The topological polar surface area (TPSA) is 30.0 Å². The fourth-order valence-electron chi connectivity index (χ4n) is 1.34. The van der Waals surface area contributed by atoms with Crippen molar-refractivity contribution in [1.82, 2.24) is 4.98 Å². The molecule has 0 unspecified atom stereocenters. The SMILES string of the molecule is O=C(c1cncc(F)c1)c1ccc(Cl)c(Cl)c1. The Morgan fingerprint density at radius 1 is 1.06 bits per heavy atom. The van der Waals surface area contributed by atoms with Crippen molar-refractivity contribution in [2.75, 3.05) is 0 Å². The van der Waals surface area contributed by atoms with Crippen molar-refractivity contribution in [2.45, 2.75) is 0 Å². The number of benzene rings is 1. The van der Waals surface area contributed by atoms with Crippen LogP contribution in [-0.2, 0) is 0 Å². The summed E-state index contributed by atoms with van der Waals surface area (Å²) in [4.78, 5) is 15.6. The van der Waals surface area contributed by atoms with Crippen molar-refractivity contribution < 1.29 is 9.18 Å². The number of hydrogen-bond donors (Lipinski definition) is 0. The van der Waals surface area contributed by atoms with Gasteiger partial charge >= 0.3 is 0 Å². The Hall–Kier alpha value is -1.45. The third-order valence-corrected chi connectivity index (χ3v) is 2.89. The Labute approximate surface area is 107 Å². The molecular weight excluding hydrogens is 264 g/mol. The fraction of sp³-hybridized carbons (Fsp3) is 0. The molecule has 0 bridgehead atoms. The Bertz CT molecular complexity index is 586. The lowest BCUT2D eigenvalue weighted by Gasteiger charge is -2.02. The van der Waals surface area contributed by atoms with Crippen LogP contribution >= 0.6 is 23.2 Å². The normalized spacial score (nSPS) is 10.3. The zero-order valence-electron chi connectivity index (χ0n) is 8.45. The molecule has 5 heteroatoms. The predicted octanol–water partition coefficient (Wildman–Crippen LogP) is 3.76. The van der Waals surface area contributed by atoms with E-state index in [1.807, 2.05) is 0 Å². The van der Waals surface area contributed by atoms with Crippen molar-refractivity contribution in [3.63, 3.8) is 0 Å². The first kappa shape index (κ1) is 12.0. The zero-order valence-corrected chi connectivity index (χ0v) is 9.97. The molecule has 0 fully saturated rings. The second kappa shape index (κ2) is 4.82. The summed E-state index contributed by atoms with van der Waals surface area (Å²) < 4.78 is 12.9. The van der Waals surface area contributed by atoms with Gasteiger partial charge in [-0.05, 0) is 24.3 Å². The summed E-state index contributed by atoms with van der Waals surface area (Å²) in [6.45, 7) is 0. The van der Waals surface area contributed by atoms with Crippen molar-refractivity contribution in [2.24, 2.45) is 0 Å². The molecule has 0 atom stereocenters. The maximum absolute atomic E-state index is 12.9. The van der Waals surface area contributed by atoms with E-state index >= 15 is 0 Å². The monoisotopic (exact) mass is 269 g/mol. The molecule has 2 rings (SSSR count). The number of nitrogens with zero attached hydrogens (tertiary/aromatic N) is 1. The summed E-state index contributed by atoms with van der Waals surface area (Å²) in [6, 6.07) is 5.61. The van der Waals surface area contributed by atoms with Crippen LogP contribution in [0.25, 0.3) is 0 Å². The molecule has 0 aliphatic carbocycles. The van der Waals surface area contributed by atoms with Crippen LogP contribution in [0.2, 0.25) is 10.0 Å². The third kappa shape index (κ3) is 2.62. The fourth-order valence-corrected chi connectivity index (χ4v) is 1.64. The molecule has 2 aromatic rings. The van der Waals surface area contributed by atoms with Gasteiger partial charge in [0.15, 0.2) is 5.78 Å². The number of pyridine rings is 1. The minimum Gasteiger partial charge on any atom is -0.289 e. The van der Waals surface area contributed by atoms with Crippen molar-refractivity contribution in [3.8, 4) is 0 Å². The molecule has 0 saturated heterocycles. The highest BCUT2D eigenvalue weighted by atomic mass is 35.5. The molecule has 0 radical (unpaired) electrons. The highest BCUT2D eigenvalue weighted by Crippen LogP contribution is 2.23. The maximum atomic E-state index is 12.9. The average molecular weight is 270 g/mol. The highest BCUT2D eigenvalue weighted by Gasteiger charge is 2.11. The Morgan fingerprint density at radius 3 is 2.47 bits per heavy atom. The lowest BCUT2D eigenvalue weighted by Crippen LogP contribution is -2.02. The summed E-state index contributed by atoms with van der Waals surface area (Å²) in [5.74, 6) is -0.911. The van der Waals surface area contributed by atoms with E-state index in [1.165, 1.54) is 24.4 Å². The van der Waals surface area contributed by atoms with Gasteiger partial charge in [0.25, 0.3) is 0 Å². The van der Waals surface area contributed by atoms with Gasteiger partial charge in [-0.3, -0.25) is 9.78 Å². The summed E-state index contributed by atoms with van der Waals surface area (Å²) >= 11 is 11.5. The smallest absolute Gasteiger partial charge is 0.194 e. The first-order valence-electron chi connectivity index (χ1n) is 4.68. The van der Waals surface area contributed by atoms with Crippen LogP contribution in [0.4, 0.5) is 4.39 Å². The molecule has 0 amide bonds. The molecule has 0 N–H and O–H groups in total. The Kier molecular flexibility index (Phi) is 3.41. The van der Waals surface area contributed by atoms with E-state index in [-0.39, 0.29) is 16.4 Å². The van der Waals surface area contributed by atoms with E-state index in [0.29, 0.717) is 10.6 Å². The van der Waals surface area contributed by atoms with Crippen molar-refractivity contribution in [3.05, 3.63) is 63.6 Å². The number of carbonyl (C=O) groups is 1. The molecule has 86 valence electrons. The van der Waals surface area contributed by atoms with E-state index in [0.717, 1.165) is 12.3 Å². The van der Waals surface area contributed by atoms with E-state index in [9.17, 15) is 9.18 Å². The average Bonchev–Trinajstić information content (AvgIpc) is 2.32. The van der Waals surface area contributed by atoms with Gasteiger partial charge in [-0.25, -0.2) is 4.39 Å². The van der Waals surface area contributed by atoms with E-state index in [2.05, 4.69) is 4.98 Å². The molecule has 1 heterocycles. The number of aromatic nitrogens is 1. The summed E-state index contributed by atoms with van der Waals surface area (Å²) in [7, 11) is 0. The lowest BCUT2D eigenvalue weighted by atomic mass is 10.1. The molecule has 0 spiro atoms. The summed E-state index contributed by atoms with van der Waals surface area (Å²) in [5, 5.41) is 0.641. The first-order chi connectivity index (χ1) is 8.08. The molecule has 0 saturated carbocycles. The number of halogens is 3. The second-order valence-electron chi connectivity index (χ2n) is 3.35. The molecule has 1 aromatic carbocycles. The molecule has 0 aliphatic rings. The van der Waals surface area contributed by atoms with Gasteiger partial charge in [-0.1, -0.05) is 23.2 Å². The minimum atomic E-state index is -0.559.